The van der Waals surface area contributed by atoms with Crippen LogP contribution >= 0.6 is 12.2 Å². The first-order valence-corrected chi connectivity index (χ1v) is 6.47. The van der Waals surface area contributed by atoms with Crippen LogP contribution in [0.25, 0.3) is 5.69 Å². The maximum atomic E-state index is 5.79. The molecule has 0 radical (unpaired) electrons. The summed E-state index contributed by atoms with van der Waals surface area (Å²) in [6.45, 7) is 4.20. The Morgan fingerprint density at radius 2 is 2.22 bits per heavy atom. The number of rotatable bonds is 4. The minimum absolute atomic E-state index is 0.418. The number of hydrogen-bond donors (Lipinski definition) is 1. The van der Waals surface area contributed by atoms with Crippen molar-refractivity contribution in [1.29, 1.82) is 0 Å². The van der Waals surface area contributed by atoms with Crippen LogP contribution in [0.2, 0.25) is 0 Å². The summed E-state index contributed by atoms with van der Waals surface area (Å²) >= 11 is 5.12. The second-order valence-corrected chi connectivity index (χ2v) is 4.79. The highest BCUT2D eigenvalue weighted by atomic mass is 32.1. The third-order valence-corrected chi connectivity index (χ3v) is 3.09. The molecule has 0 unspecified atom stereocenters. The van der Waals surface area contributed by atoms with Crippen molar-refractivity contribution in [2.24, 2.45) is 5.73 Å². The molecule has 4 heteroatoms. The summed E-state index contributed by atoms with van der Waals surface area (Å²) in [6, 6.07) is 6.09. The van der Waals surface area contributed by atoms with E-state index in [1.807, 2.05) is 24.5 Å². The summed E-state index contributed by atoms with van der Waals surface area (Å²) < 4.78 is 2.07. The molecule has 18 heavy (non-hydrogen) atoms. The van der Waals surface area contributed by atoms with Gasteiger partial charge >= 0.3 is 0 Å². The molecule has 0 fully saturated rings. The van der Waals surface area contributed by atoms with Crippen LogP contribution in [-0.4, -0.2) is 14.5 Å². The summed E-state index contributed by atoms with van der Waals surface area (Å²) in [4.78, 5) is 4.81. The molecular weight excluding hydrogens is 242 g/mol. The Hall–Kier alpha value is -1.68. The Bertz CT molecular complexity index is 572. The normalized spacial score (nSPS) is 10.6. The predicted molar refractivity (Wildman–Crippen MR) is 78.2 cm³/mol. The van der Waals surface area contributed by atoms with E-state index in [-0.39, 0.29) is 0 Å². The summed E-state index contributed by atoms with van der Waals surface area (Å²) in [5, 5.41) is 0. The highest BCUT2D eigenvalue weighted by Crippen LogP contribution is 2.19. The Labute approximate surface area is 113 Å². The Morgan fingerprint density at radius 3 is 2.89 bits per heavy atom. The van der Waals surface area contributed by atoms with Gasteiger partial charge in [-0.1, -0.05) is 25.2 Å². The summed E-state index contributed by atoms with van der Waals surface area (Å²) in [6.07, 6.45) is 5.78. The van der Waals surface area contributed by atoms with Crippen LogP contribution in [0.1, 0.15) is 30.3 Å². The maximum absolute atomic E-state index is 5.79. The van der Waals surface area contributed by atoms with Crippen molar-refractivity contribution in [2.75, 3.05) is 0 Å². The van der Waals surface area contributed by atoms with E-state index < -0.39 is 0 Å². The first-order valence-electron chi connectivity index (χ1n) is 6.06. The number of aryl methyl sites for hydroxylation is 2. The van der Waals surface area contributed by atoms with Gasteiger partial charge < -0.3 is 10.3 Å². The van der Waals surface area contributed by atoms with Crippen molar-refractivity contribution in [2.45, 2.75) is 26.7 Å². The van der Waals surface area contributed by atoms with Crippen molar-refractivity contribution in [3.63, 3.8) is 0 Å². The van der Waals surface area contributed by atoms with Crippen LogP contribution < -0.4 is 5.73 Å². The lowest BCUT2D eigenvalue weighted by Crippen LogP contribution is -2.14. The molecule has 1 heterocycles. The molecule has 0 aliphatic rings. The summed E-state index contributed by atoms with van der Waals surface area (Å²) in [7, 11) is 0. The predicted octanol–water partition coefficient (Wildman–Crippen LogP) is 2.77. The highest BCUT2D eigenvalue weighted by Gasteiger charge is 2.10. The summed E-state index contributed by atoms with van der Waals surface area (Å²) in [5.74, 6) is 1.04. The quantitative estimate of drug-likeness (QED) is 0.859. The molecule has 2 aromatic rings. The number of benzene rings is 1. The van der Waals surface area contributed by atoms with Crippen LogP contribution in [0.3, 0.4) is 0 Å². The number of nitrogens with two attached hydrogens (primary N) is 1. The fourth-order valence-corrected chi connectivity index (χ4v) is 2.18. The SMILES string of the molecule is CCCc1nccn1-c1cc(C)ccc1C(N)=S. The van der Waals surface area contributed by atoms with Crippen LogP contribution in [0.15, 0.2) is 30.6 Å². The van der Waals surface area contributed by atoms with Crippen molar-refractivity contribution < 1.29 is 0 Å². The molecule has 1 aromatic carbocycles. The zero-order valence-electron chi connectivity index (χ0n) is 10.7. The van der Waals surface area contributed by atoms with Gasteiger partial charge in [0.05, 0.1) is 5.69 Å². The minimum Gasteiger partial charge on any atom is -0.389 e. The van der Waals surface area contributed by atoms with Crippen molar-refractivity contribution in [3.8, 4) is 5.69 Å². The van der Waals surface area contributed by atoms with Crippen LogP contribution in [0.4, 0.5) is 0 Å². The number of imidazole rings is 1. The molecular formula is C14H17N3S. The lowest BCUT2D eigenvalue weighted by atomic mass is 10.1. The van der Waals surface area contributed by atoms with Crippen LogP contribution in [0.5, 0.6) is 0 Å². The maximum Gasteiger partial charge on any atom is 0.113 e. The van der Waals surface area contributed by atoms with Gasteiger partial charge in [-0.3, -0.25) is 0 Å². The van der Waals surface area contributed by atoms with E-state index in [2.05, 4.69) is 29.5 Å². The minimum atomic E-state index is 0.418. The molecule has 3 nitrogen and oxygen atoms in total. The van der Waals surface area contributed by atoms with Crippen LogP contribution in [0, 0.1) is 6.92 Å². The summed E-state index contributed by atoms with van der Waals surface area (Å²) in [5.41, 5.74) is 8.89. The highest BCUT2D eigenvalue weighted by molar-refractivity contribution is 7.80. The average Bonchev–Trinajstić information content (AvgIpc) is 2.77. The third-order valence-electron chi connectivity index (χ3n) is 2.87. The third kappa shape index (κ3) is 2.43. The fourth-order valence-electron chi connectivity index (χ4n) is 2.01. The zero-order chi connectivity index (χ0) is 13.1. The van der Waals surface area contributed by atoms with Crippen molar-refractivity contribution in [3.05, 3.63) is 47.5 Å². The number of thiocarbonyl (C=S) groups is 1. The topological polar surface area (TPSA) is 43.8 Å². The first-order chi connectivity index (χ1) is 8.63. The zero-order valence-corrected chi connectivity index (χ0v) is 11.5. The second-order valence-electron chi connectivity index (χ2n) is 4.35. The Kier molecular flexibility index (Phi) is 3.77. The number of aromatic nitrogens is 2. The molecule has 0 atom stereocenters. The molecule has 2 rings (SSSR count). The molecule has 0 aliphatic carbocycles. The van der Waals surface area contributed by atoms with Gasteiger partial charge in [0, 0.05) is 24.4 Å². The fraction of sp³-hybridized carbons (Fsp3) is 0.286. The molecule has 0 spiro atoms. The van der Waals surface area contributed by atoms with Gasteiger partial charge in [0.25, 0.3) is 0 Å². The van der Waals surface area contributed by atoms with Gasteiger partial charge in [0.2, 0.25) is 0 Å². The van der Waals surface area contributed by atoms with Gasteiger partial charge in [-0.2, -0.15) is 0 Å². The van der Waals surface area contributed by atoms with E-state index in [0.717, 1.165) is 29.9 Å². The van der Waals surface area contributed by atoms with E-state index in [1.165, 1.54) is 5.56 Å². The second kappa shape index (κ2) is 5.31. The monoisotopic (exact) mass is 259 g/mol. The standard InChI is InChI=1S/C14H17N3S/c1-3-4-13-16-7-8-17(13)12-9-10(2)5-6-11(12)14(15)18/h5-9H,3-4H2,1-2H3,(H2,15,18). The Morgan fingerprint density at radius 1 is 1.44 bits per heavy atom. The lowest BCUT2D eigenvalue weighted by Gasteiger charge is -2.13. The lowest BCUT2D eigenvalue weighted by molar-refractivity contribution is 0.808. The molecule has 0 aliphatic heterocycles. The Balaban J connectivity index is 2.58. The largest absolute Gasteiger partial charge is 0.389 e. The molecule has 0 bridgehead atoms. The smallest absolute Gasteiger partial charge is 0.113 e. The van der Waals surface area contributed by atoms with Gasteiger partial charge in [-0.25, -0.2) is 4.98 Å². The average molecular weight is 259 g/mol. The van der Waals surface area contributed by atoms with E-state index in [1.54, 1.807) is 0 Å². The van der Waals surface area contributed by atoms with Gasteiger partial charge in [0.15, 0.2) is 0 Å². The van der Waals surface area contributed by atoms with Gasteiger partial charge in [-0.15, -0.1) is 0 Å². The van der Waals surface area contributed by atoms with E-state index in [4.69, 9.17) is 18.0 Å². The van der Waals surface area contributed by atoms with Crippen molar-refractivity contribution >= 4 is 17.2 Å². The van der Waals surface area contributed by atoms with Gasteiger partial charge in [0.1, 0.15) is 10.8 Å². The van der Waals surface area contributed by atoms with Crippen molar-refractivity contribution in [1.82, 2.24) is 9.55 Å². The molecule has 1 aromatic heterocycles. The number of nitrogens with zero attached hydrogens (tertiary/aromatic N) is 2. The van der Waals surface area contributed by atoms with Crippen LogP contribution in [-0.2, 0) is 6.42 Å². The van der Waals surface area contributed by atoms with E-state index >= 15 is 0 Å². The molecule has 0 amide bonds. The molecule has 0 saturated carbocycles. The first kappa shape index (κ1) is 12.8. The molecule has 94 valence electrons. The van der Waals surface area contributed by atoms with E-state index in [0.29, 0.717) is 4.99 Å². The number of hydrogen-bond acceptors (Lipinski definition) is 2. The molecule has 0 saturated heterocycles. The molecule has 2 N–H and O–H groups in total. The van der Waals surface area contributed by atoms with Gasteiger partial charge in [-0.05, 0) is 31.0 Å². The van der Waals surface area contributed by atoms with E-state index in [9.17, 15) is 0 Å².